The lowest BCUT2D eigenvalue weighted by Gasteiger charge is -2.23. The number of morpholine rings is 1. The molecular weight excluding hydrogens is 316 g/mol. The van der Waals surface area contributed by atoms with E-state index in [0.29, 0.717) is 36.6 Å². The maximum atomic E-state index is 12.4. The molecular formula is C20H22N2O3. The molecule has 2 saturated heterocycles. The molecule has 25 heavy (non-hydrogen) atoms. The second-order valence-electron chi connectivity index (χ2n) is 6.59. The quantitative estimate of drug-likeness (QED) is 0.821. The number of Topliss-reactive ketones (excluding diaryl/α,β-unsaturated/α-hetero) is 1. The van der Waals surface area contributed by atoms with Crippen molar-refractivity contribution in [3.05, 3.63) is 59.3 Å². The molecule has 0 spiro atoms. The average molecular weight is 338 g/mol. The van der Waals surface area contributed by atoms with E-state index in [1.807, 2.05) is 19.1 Å². The van der Waals surface area contributed by atoms with Crippen LogP contribution in [0.4, 0.5) is 0 Å². The van der Waals surface area contributed by atoms with Crippen LogP contribution in [-0.2, 0) is 11.2 Å². The van der Waals surface area contributed by atoms with Crippen molar-refractivity contribution >= 4 is 5.78 Å². The summed E-state index contributed by atoms with van der Waals surface area (Å²) in [5, 5.41) is 3.49. The zero-order valence-corrected chi connectivity index (χ0v) is 14.3. The first-order valence-corrected chi connectivity index (χ1v) is 8.82. The third-order valence-electron chi connectivity index (χ3n) is 4.85. The Bertz CT molecular complexity index is 743. The molecule has 1 aromatic heterocycles. The Kier molecular flexibility index (Phi) is 4.51. The molecule has 0 radical (unpaired) electrons. The molecule has 2 fully saturated rings. The number of rotatable bonds is 6. The second-order valence-corrected chi connectivity index (χ2v) is 6.59. The predicted molar refractivity (Wildman–Crippen MR) is 93.9 cm³/mol. The highest BCUT2D eigenvalue weighted by molar-refractivity contribution is 5.97. The van der Waals surface area contributed by atoms with Crippen LogP contribution >= 0.6 is 0 Å². The van der Waals surface area contributed by atoms with Gasteiger partial charge in [-0.3, -0.25) is 4.79 Å². The third-order valence-corrected chi connectivity index (χ3v) is 4.85. The smallest absolute Gasteiger partial charge is 0.213 e. The summed E-state index contributed by atoms with van der Waals surface area (Å²) in [7, 11) is 0. The van der Waals surface area contributed by atoms with E-state index in [4.69, 9.17) is 9.47 Å². The third kappa shape index (κ3) is 3.43. The van der Waals surface area contributed by atoms with E-state index in [1.165, 1.54) is 5.56 Å². The number of fused-ring (bicyclic) bond motifs is 2. The molecule has 130 valence electrons. The molecule has 0 amide bonds. The molecule has 2 bridgehead atoms. The number of ether oxygens (including phenoxy) is 2. The van der Waals surface area contributed by atoms with E-state index >= 15 is 0 Å². The first-order valence-electron chi connectivity index (χ1n) is 8.82. The lowest BCUT2D eigenvalue weighted by atomic mass is 9.99. The summed E-state index contributed by atoms with van der Waals surface area (Å²) in [6.07, 6.45) is 3.53. The number of aromatic nitrogens is 1. The van der Waals surface area contributed by atoms with Crippen molar-refractivity contribution in [2.45, 2.75) is 38.0 Å². The molecule has 5 heteroatoms. The van der Waals surface area contributed by atoms with Crippen LogP contribution in [0.25, 0.3) is 0 Å². The van der Waals surface area contributed by atoms with Crippen LogP contribution in [0.3, 0.4) is 0 Å². The lowest BCUT2D eigenvalue weighted by molar-refractivity contribution is 0.0160. The highest BCUT2D eigenvalue weighted by atomic mass is 16.5. The van der Waals surface area contributed by atoms with Crippen molar-refractivity contribution in [2.75, 3.05) is 13.2 Å². The Morgan fingerprint density at radius 2 is 2.12 bits per heavy atom. The molecule has 0 unspecified atom stereocenters. The summed E-state index contributed by atoms with van der Waals surface area (Å²) in [5.41, 5.74) is 2.78. The number of pyridine rings is 1. The lowest BCUT2D eigenvalue weighted by Crippen LogP contribution is -2.33. The van der Waals surface area contributed by atoms with Crippen LogP contribution in [0.15, 0.2) is 42.6 Å². The minimum atomic E-state index is 0.0566. The summed E-state index contributed by atoms with van der Waals surface area (Å²) in [5.74, 6) is 0.601. The van der Waals surface area contributed by atoms with Crippen molar-refractivity contribution < 1.29 is 14.3 Å². The molecule has 5 nitrogen and oxygen atoms in total. The fourth-order valence-electron chi connectivity index (χ4n) is 3.57. The normalized spacial score (nSPS) is 24.4. The van der Waals surface area contributed by atoms with Crippen LogP contribution in [-0.4, -0.2) is 36.1 Å². The highest BCUT2D eigenvalue weighted by Gasteiger charge is 2.41. The number of hydrogen-bond acceptors (Lipinski definition) is 5. The van der Waals surface area contributed by atoms with E-state index in [2.05, 4.69) is 22.4 Å². The van der Waals surface area contributed by atoms with E-state index in [9.17, 15) is 4.79 Å². The molecule has 1 N–H and O–H groups in total. The molecule has 2 aromatic rings. The Labute approximate surface area is 147 Å². The van der Waals surface area contributed by atoms with Gasteiger partial charge in [-0.2, -0.15) is 0 Å². The Balaban J connectivity index is 1.39. The summed E-state index contributed by atoms with van der Waals surface area (Å²) in [6.45, 7) is 3.43. The number of carbonyl (C=O) groups excluding carboxylic acids is 1. The molecule has 3 heterocycles. The Morgan fingerprint density at radius 1 is 1.28 bits per heavy atom. The predicted octanol–water partition coefficient (Wildman–Crippen LogP) is 2.71. The number of benzene rings is 1. The van der Waals surface area contributed by atoms with Gasteiger partial charge in [0, 0.05) is 36.8 Å². The number of nitrogens with zero attached hydrogens (tertiary/aromatic N) is 1. The zero-order valence-electron chi connectivity index (χ0n) is 14.3. The molecule has 0 saturated carbocycles. The van der Waals surface area contributed by atoms with Gasteiger partial charge in [0.2, 0.25) is 5.88 Å². The first kappa shape index (κ1) is 16.2. The fourth-order valence-corrected chi connectivity index (χ4v) is 3.57. The molecule has 2 aliphatic heterocycles. The van der Waals surface area contributed by atoms with Gasteiger partial charge in [0.15, 0.2) is 5.78 Å². The van der Waals surface area contributed by atoms with Crippen LogP contribution in [0.2, 0.25) is 0 Å². The van der Waals surface area contributed by atoms with Crippen LogP contribution in [0, 0.1) is 0 Å². The molecule has 0 aliphatic carbocycles. The zero-order chi connectivity index (χ0) is 17.2. The van der Waals surface area contributed by atoms with Crippen molar-refractivity contribution in [1.82, 2.24) is 10.3 Å². The number of hydrogen-bond donors (Lipinski definition) is 1. The van der Waals surface area contributed by atoms with Crippen LogP contribution in [0.5, 0.6) is 5.88 Å². The van der Waals surface area contributed by atoms with E-state index in [1.54, 1.807) is 18.3 Å². The van der Waals surface area contributed by atoms with Crippen molar-refractivity contribution in [3.63, 3.8) is 0 Å². The largest absolute Gasteiger partial charge is 0.478 e. The SMILES string of the molecule is CCOc1ccc(C(=O)Cc2ccc([C@@H]3O[C@H]4CN[C@@H]3C4)cc2)cn1. The maximum absolute atomic E-state index is 12.4. The highest BCUT2D eigenvalue weighted by Crippen LogP contribution is 2.36. The molecule has 4 rings (SSSR count). The topological polar surface area (TPSA) is 60.5 Å². The summed E-state index contributed by atoms with van der Waals surface area (Å²) < 4.78 is 11.3. The van der Waals surface area contributed by atoms with Gasteiger partial charge in [0.05, 0.1) is 18.8 Å². The number of ketones is 1. The fraction of sp³-hybridized carbons (Fsp3) is 0.400. The average Bonchev–Trinajstić information content (AvgIpc) is 3.27. The van der Waals surface area contributed by atoms with E-state index in [0.717, 1.165) is 18.5 Å². The van der Waals surface area contributed by atoms with Gasteiger partial charge in [0.25, 0.3) is 0 Å². The van der Waals surface area contributed by atoms with Crippen molar-refractivity contribution in [2.24, 2.45) is 0 Å². The first-order chi connectivity index (χ1) is 12.2. The summed E-state index contributed by atoms with van der Waals surface area (Å²) in [4.78, 5) is 16.6. The van der Waals surface area contributed by atoms with Gasteiger partial charge in [-0.15, -0.1) is 0 Å². The van der Waals surface area contributed by atoms with E-state index < -0.39 is 0 Å². The second kappa shape index (κ2) is 6.94. The van der Waals surface area contributed by atoms with Gasteiger partial charge in [-0.05, 0) is 30.5 Å². The van der Waals surface area contributed by atoms with Crippen molar-refractivity contribution in [1.29, 1.82) is 0 Å². The molecule has 3 atom stereocenters. The monoisotopic (exact) mass is 338 g/mol. The molecule has 1 aromatic carbocycles. The van der Waals surface area contributed by atoms with Gasteiger partial charge in [-0.1, -0.05) is 24.3 Å². The van der Waals surface area contributed by atoms with Crippen LogP contribution in [0.1, 0.15) is 40.9 Å². The maximum Gasteiger partial charge on any atom is 0.213 e. The number of carbonyl (C=O) groups is 1. The Morgan fingerprint density at radius 3 is 2.72 bits per heavy atom. The van der Waals surface area contributed by atoms with E-state index in [-0.39, 0.29) is 11.9 Å². The number of nitrogens with one attached hydrogen (secondary N) is 1. The van der Waals surface area contributed by atoms with Gasteiger partial charge >= 0.3 is 0 Å². The minimum absolute atomic E-state index is 0.0566. The molecule has 2 aliphatic rings. The van der Waals surface area contributed by atoms with Crippen LogP contribution < -0.4 is 10.1 Å². The summed E-state index contributed by atoms with van der Waals surface area (Å²) >= 11 is 0. The minimum Gasteiger partial charge on any atom is -0.478 e. The van der Waals surface area contributed by atoms with Gasteiger partial charge in [-0.25, -0.2) is 4.98 Å². The van der Waals surface area contributed by atoms with Gasteiger partial charge in [0.1, 0.15) is 0 Å². The summed E-state index contributed by atoms with van der Waals surface area (Å²) in [6, 6.07) is 12.1. The van der Waals surface area contributed by atoms with Crippen molar-refractivity contribution in [3.8, 4) is 5.88 Å². The van der Waals surface area contributed by atoms with Gasteiger partial charge < -0.3 is 14.8 Å². The standard InChI is InChI=1S/C20H22N2O3/c1-2-24-19-8-7-15(11-22-19)18(23)9-13-3-5-14(6-4-13)20-17-10-16(25-20)12-21-17/h3-8,11,16-17,20-21H,2,9-10,12H2,1H3/t16-,17-,20+/m1/s1. The Hall–Kier alpha value is -2.24.